The summed E-state index contributed by atoms with van der Waals surface area (Å²) in [5.41, 5.74) is 0.189. The van der Waals surface area contributed by atoms with E-state index in [1.54, 1.807) is 6.92 Å². The average molecular weight is 253 g/mol. The molecular weight excluding hydrogens is 240 g/mol. The van der Waals surface area contributed by atoms with Gasteiger partial charge in [-0.15, -0.1) is 0 Å². The Bertz CT molecular complexity index is 452. The molecule has 90 valence electrons. The Morgan fingerprint density at radius 1 is 1.47 bits per heavy atom. The molecule has 2 rings (SSSR count). The second-order valence-electron chi connectivity index (χ2n) is 4.05. The van der Waals surface area contributed by atoms with Gasteiger partial charge in [0.15, 0.2) is 5.60 Å². The smallest absolute Gasteiger partial charge is 0.340 e. The number of carbonyl (C=O) groups is 1. The van der Waals surface area contributed by atoms with Crippen LogP contribution in [0.1, 0.15) is 12.5 Å². The Morgan fingerprint density at radius 3 is 2.71 bits per heavy atom. The third-order valence-corrected chi connectivity index (χ3v) is 3.03. The fourth-order valence-corrected chi connectivity index (χ4v) is 1.72. The molecule has 0 radical (unpaired) electrons. The summed E-state index contributed by atoms with van der Waals surface area (Å²) in [5.74, 6) is -0.344. The van der Waals surface area contributed by atoms with Gasteiger partial charge in [-0.05, 0) is 24.6 Å². The Balaban J connectivity index is 2.00. The van der Waals surface area contributed by atoms with Crippen molar-refractivity contribution in [3.8, 4) is 0 Å². The summed E-state index contributed by atoms with van der Waals surface area (Å²) in [7, 11) is 1.36. The van der Waals surface area contributed by atoms with Gasteiger partial charge in [0, 0.05) is 5.02 Å². The molecule has 1 aromatic carbocycles. The van der Waals surface area contributed by atoms with Crippen LogP contribution in [0.15, 0.2) is 30.3 Å². The molecule has 1 fully saturated rings. The van der Waals surface area contributed by atoms with Crippen LogP contribution in [0.3, 0.4) is 0 Å². The number of hydrogen-bond donors (Lipinski definition) is 0. The van der Waals surface area contributed by atoms with E-state index in [0.29, 0.717) is 5.02 Å². The first-order valence-electron chi connectivity index (χ1n) is 5.26. The molecule has 4 heteroatoms. The highest BCUT2D eigenvalue weighted by atomic mass is 35.5. The van der Waals surface area contributed by atoms with Crippen molar-refractivity contribution in [3.05, 3.63) is 40.9 Å². The molecule has 0 saturated carbocycles. The monoisotopic (exact) mass is 252 g/mol. The van der Waals surface area contributed by atoms with Gasteiger partial charge in [-0.25, -0.2) is 4.79 Å². The van der Waals surface area contributed by atoms with Crippen LogP contribution in [0.2, 0.25) is 5.02 Å². The van der Waals surface area contributed by atoms with Crippen molar-refractivity contribution in [2.24, 2.45) is 0 Å². The molecule has 17 heavy (non-hydrogen) atoms. The Hall–Kier alpha value is -1.32. The highest BCUT2D eigenvalue weighted by Gasteiger charge is 2.58. The van der Waals surface area contributed by atoms with Gasteiger partial charge in [0.2, 0.25) is 0 Å². The van der Waals surface area contributed by atoms with E-state index in [1.807, 2.05) is 36.4 Å². The van der Waals surface area contributed by atoms with Gasteiger partial charge in [0.25, 0.3) is 0 Å². The number of carbonyl (C=O) groups excluding carboxylic acids is 1. The molecule has 2 unspecified atom stereocenters. The predicted octanol–water partition coefficient (Wildman–Crippen LogP) is 2.68. The largest absolute Gasteiger partial charge is 0.467 e. The van der Waals surface area contributed by atoms with Crippen LogP contribution >= 0.6 is 11.6 Å². The molecule has 1 aliphatic rings. The topological polar surface area (TPSA) is 38.8 Å². The van der Waals surface area contributed by atoms with Crippen molar-refractivity contribution >= 4 is 23.6 Å². The summed E-state index contributed by atoms with van der Waals surface area (Å²) in [4.78, 5) is 11.4. The van der Waals surface area contributed by atoms with Crippen LogP contribution in [0.25, 0.3) is 6.08 Å². The van der Waals surface area contributed by atoms with E-state index in [2.05, 4.69) is 4.74 Å². The molecular formula is C13H13ClO3. The maximum Gasteiger partial charge on any atom is 0.340 e. The molecule has 1 aliphatic heterocycles. The highest BCUT2D eigenvalue weighted by Crippen LogP contribution is 2.38. The van der Waals surface area contributed by atoms with Crippen molar-refractivity contribution in [1.82, 2.24) is 0 Å². The van der Waals surface area contributed by atoms with E-state index in [0.717, 1.165) is 5.56 Å². The van der Waals surface area contributed by atoms with Gasteiger partial charge in [-0.1, -0.05) is 35.9 Å². The molecule has 0 amide bonds. The van der Waals surface area contributed by atoms with Crippen LogP contribution < -0.4 is 0 Å². The highest BCUT2D eigenvalue weighted by molar-refractivity contribution is 6.30. The summed E-state index contributed by atoms with van der Waals surface area (Å²) in [5, 5.41) is 0.698. The van der Waals surface area contributed by atoms with Crippen molar-refractivity contribution in [3.63, 3.8) is 0 Å². The van der Waals surface area contributed by atoms with Crippen LogP contribution in [0.4, 0.5) is 0 Å². The lowest BCUT2D eigenvalue weighted by Crippen LogP contribution is -2.24. The molecule has 1 aromatic rings. The molecule has 0 aromatic heterocycles. The average Bonchev–Trinajstić information content (AvgIpc) is 3.00. The van der Waals surface area contributed by atoms with Crippen molar-refractivity contribution in [1.29, 1.82) is 0 Å². The van der Waals surface area contributed by atoms with Gasteiger partial charge in [-0.2, -0.15) is 0 Å². The fourth-order valence-electron chi connectivity index (χ4n) is 1.59. The first kappa shape index (κ1) is 12.1. The Labute approximate surface area is 105 Å². The second kappa shape index (κ2) is 4.51. The zero-order valence-corrected chi connectivity index (χ0v) is 10.4. The summed E-state index contributed by atoms with van der Waals surface area (Å²) in [6, 6.07) is 7.43. The van der Waals surface area contributed by atoms with Gasteiger partial charge >= 0.3 is 5.97 Å². The maximum absolute atomic E-state index is 11.4. The SMILES string of the molecule is COC(=O)C1(C)OC1/C=C/c1ccc(Cl)cc1. The minimum atomic E-state index is -0.822. The van der Waals surface area contributed by atoms with Crippen molar-refractivity contribution in [2.45, 2.75) is 18.6 Å². The number of esters is 1. The molecule has 0 spiro atoms. The predicted molar refractivity (Wildman–Crippen MR) is 65.8 cm³/mol. The summed E-state index contributed by atoms with van der Waals surface area (Å²) < 4.78 is 9.98. The van der Waals surface area contributed by atoms with E-state index in [9.17, 15) is 4.79 Å². The fraction of sp³-hybridized carbons (Fsp3) is 0.308. The first-order valence-corrected chi connectivity index (χ1v) is 5.64. The number of rotatable bonds is 3. The zero-order valence-electron chi connectivity index (χ0n) is 9.64. The van der Waals surface area contributed by atoms with E-state index in [1.165, 1.54) is 7.11 Å². The lowest BCUT2D eigenvalue weighted by molar-refractivity contribution is -0.146. The van der Waals surface area contributed by atoms with Crippen LogP contribution in [-0.2, 0) is 14.3 Å². The third kappa shape index (κ3) is 2.51. The molecule has 1 heterocycles. The van der Waals surface area contributed by atoms with Gasteiger partial charge in [0.05, 0.1) is 7.11 Å². The maximum atomic E-state index is 11.4. The number of methoxy groups -OCH3 is 1. The number of ether oxygens (including phenoxy) is 2. The molecule has 2 atom stereocenters. The Morgan fingerprint density at radius 2 is 2.12 bits per heavy atom. The molecule has 0 aliphatic carbocycles. The normalized spacial score (nSPS) is 27.1. The minimum absolute atomic E-state index is 0.217. The van der Waals surface area contributed by atoms with Crippen LogP contribution in [0.5, 0.6) is 0 Å². The Kier molecular flexibility index (Phi) is 3.22. The molecule has 0 N–H and O–H groups in total. The number of hydrogen-bond acceptors (Lipinski definition) is 3. The number of halogens is 1. The second-order valence-corrected chi connectivity index (χ2v) is 4.48. The van der Waals surface area contributed by atoms with E-state index in [4.69, 9.17) is 16.3 Å². The molecule has 1 saturated heterocycles. The standard InChI is InChI=1S/C13H13ClO3/c1-13(12(15)16-2)11(17-13)8-5-9-3-6-10(14)7-4-9/h3-8,11H,1-2H3/b8-5+. The lowest BCUT2D eigenvalue weighted by Gasteiger charge is -2.00. The first-order chi connectivity index (χ1) is 8.06. The van der Waals surface area contributed by atoms with Crippen molar-refractivity contribution in [2.75, 3.05) is 7.11 Å². The zero-order chi connectivity index (χ0) is 12.5. The lowest BCUT2D eigenvalue weighted by atomic mass is 10.1. The summed E-state index contributed by atoms with van der Waals surface area (Å²) in [6.45, 7) is 1.72. The molecule has 3 nitrogen and oxygen atoms in total. The minimum Gasteiger partial charge on any atom is -0.467 e. The third-order valence-electron chi connectivity index (χ3n) is 2.78. The van der Waals surface area contributed by atoms with Gasteiger partial charge in [0.1, 0.15) is 6.10 Å². The summed E-state index contributed by atoms with van der Waals surface area (Å²) in [6.07, 6.45) is 3.53. The van der Waals surface area contributed by atoms with Crippen LogP contribution in [0, 0.1) is 0 Å². The van der Waals surface area contributed by atoms with E-state index < -0.39 is 5.60 Å². The van der Waals surface area contributed by atoms with Gasteiger partial charge < -0.3 is 9.47 Å². The van der Waals surface area contributed by atoms with Crippen molar-refractivity contribution < 1.29 is 14.3 Å². The number of epoxide rings is 1. The molecule has 0 bridgehead atoms. The summed E-state index contributed by atoms with van der Waals surface area (Å²) >= 11 is 5.78. The quantitative estimate of drug-likeness (QED) is 0.613. The van der Waals surface area contributed by atoms with E-state index in [-0.39, 0.29) is 12.1 Å². The van der Waals surface area contributed by atoms with Gasteiger partial charge in [-0.3, -0.25) is 0 Å². The van der Waals surface area contributed by atoms with Crippen LogP contribution in [-0.4, -0.2) is 24.8 Å². The number of benzene rings is 1. The van der Waals surface area contributed by atoms with E-state index >= 15 is 0 Å².